The lowest BCUT2D eigenvalue weighted by atomic mass is 10.1. The molecule has 0 bridgehead atoms. The minimum atomic E-state index is -0.183. The van der Waals surface area contributed by atoms with Crippen molar-refractivity contribution in [2.45, 2.75) is 32.2 Å². The fraction of sp³-hybridized carbons (Fsp3) is 0.318. The predicted molar refractivity (Wildman–Crippen MR) is 105 cm³/mol. The normalized spacial score (nSPS) is 16.4. The quantitative estimate of drug-likeness (QED) is 0.664. The van der Waals surface area contributed by atoms with E-state index in [-0.39, 0.29) is 11.9 Å². The zero-order valence-electron chi connectivity index (χ0n) is 16.1. The first-order valence-electron chi connectivity index (χ1n) is 9.57. The van der Waals surface area contributed by atoms with E-state index in [2.05, 4.69) is 17.1 Å². The second-order valence-corrected chi connectivity index (χ2v) is 6.89. The molecule has 1 saturated heterocycles. The van der Waals surface area contributed by atoms with Gasteiger partial charge in [0.25, 0.3) is 5.91 Å². The largest absolute Gasteiger partial charge is 0.497 e. The molecular formula is C22H23N3O3. The first kappa shape index (κ1) is 18.2. The molecule has 1 atom stereocenters. The van der Waals surface area contributed by atoms with Gasteiger partial charge in [0.2, 0.25) is 11.7 Å². The maximum atomic E-state index is 13.0. The fourth-order valence-corrected chi connectivity index (χ4v) is 3.54. The Morgan fingerprint density at radius 3 is 2.61 bits per heavy atom. The topological polar surface area (TPSA) is 68.5 Å². The number of rotatable bonds is 5. The summed E-state index contributed by atoms with van der Waals surface area (Å²) < 4.78 is 10.7. The van der Waals surface area contributed by atoms with Crippen molar-refractivity contribution in [2.75, 3.05) is 13.7 Å². The molecule has 0 unspecified atom stereocenters. The van der Waals surface area contributed by atoms with Gasteiger partial charge in [-0.25, -0.2) is 0 Å². The third kappa shape index (κ3) is 3.50. The minimum Gasteiger partial charge on any atom is -0.497 e. The van der Waals surface area contributed by atoms with Crippen LogP contribution in [0.25, 0.3) is 11.4 Å². The van der Waals surface area contributed by atoms with Gasteiger partial charge in [0.15, 0.2) is 0 Å². The molecule has 2 heterocycles. The van der Waals surface area contributed by atoms with Crippen molar-refractivity contribution < 1.29 is 14.1 Å². The van der Waals surface area contributed by atoms with Crippen molar-refractivity contribution in [1.82, 2.24) is 15.0 Å². The van der Waals surface area contributed by atoms with Crippen LogP contribution < -0.4 is 4.74 Å². The number of benzene rings is 2. The van der Waals surface area contributed by atoms with Crippen LogP contribution in [0.1, 0.15) is 47.6 Å². The summed E-state index contributed by atoms with van der Waals surface area (Å²) in [6.07, 6.45) is 2.70. The number of aryl methyl sites for hydroxylation is 1. The van der Waals surface area contributed by atoms with Crippen LogP contribution in [0.15, 0.2) is 53.1 Å². The Kier molecular flexibility index (Phi) is 5.10. The SMILES string of the molecule is CCc1ccc(C(=O)N2CCC[C@H]2c2nc(-c3ccc(OC)cc3)no2)cc1. The van der Waals surface area contributed by atoms with Gasteiger partial charge in [0.05, 0.1) is 7.11 Å². The maximum absolute atomic E-state index is 13.0. The number of aromatic nitrogens is 2. The molecule has 0 saturated carbocycles. The number of methoxy groups -OCH3 is 1. The summed E-state index contributed by atoms with van der Waals surface area (Å²) in [7, 11) is 1.63. The minimum absolute atomic E-state index is 0.00866. The molecule has 6 nitrogen and oxygen atoms in total. The van der Waals surface area contributed by atoms with Crippen molar-refractivity contribution in [3.8, 4) is 17.1 Å². The molecule has 3 aromatic rings. The number of carbonyl (C=O) groups is 1. The Bertz CT molecular complexity index is 948. The van der Waals surface area contributed by atoms with Gasteiger partial charge in [-0.3, -0.25) is 4.79 Å². The van der Waals surface area contributed by atoms with Crippen LogP contribution in [0.2, 0.25) is 0 Å². The molecule has 28 heavy (non-hydrogen) atoms. The molecule has 1 aliphatic rings. The van der Waals surface area contributed by atoms with E-state index in [0.717, 1.165) is 30.6 Å². The van der Waals surface area contributed by atoms with Gasteiger partial charge >= 0.3 is 0 Å². The lowest BCUT2D eigenvalue weighted by molar-refractivity contribution is 0.0710. The highest BCUT2D eigenvalue weighted by Gasteiger charge is 2.34. The van der Waals surface area contributed by atoms with Gasteiger partial charge in [-0.05, 0) is 61.2 Å². The van der Waals surface area contributed by atoms with Crippen molar-refractivity contribution in [3.63, 3.8) is 0 Å². The molecule has 0 radical (unpaired) electrons. The molecule has 1 aliphatic heterocycles. The van der Waals surface area contributed by atoms with Crippen LogP contribution in [0.3, 0.4) is 0 Å². The third-order valence-electron chi connectivity index (χ3n) is 5.20. The lowest BCUT2D eigenvalue weighted by Crippen LogP contribution is -2.30. The average Bonchev–Trinajstić information content (AvgIpc) is 3.43. The smallest absolute Gasteiger partial charge is 0.254 e. The summed E-state index contributed by atoms with van der Waals surface area (Å²) in [6, 6.07) is 15.1. The van der Waals surface area contributed by atoms with E-state index in [9.17, 15) is 4.79 Å². The number of carbonyl (C=O) groups excluding carboxylic acids is 1. The van der Waals surface area contributed by atoms with Crippen molar-refractivity contribution in [1.29, 1.82) is 0 Å². The highest BCUT2D eigenvalue weighted by molar-refractivity contribution is 5.94. The van der Waals surface area contributed by atoms with Gasteiger partial charge in [-0.1, -0.05) is 24.2 Å². The Labute approximate surface area is 164 Å². The molecule has 0 spiro atoms. The van der Waals surface area contributed by atoms with Crippen LogP contribution in [0.5, 0.6) is 5.75 Å². The first-order valence-corrected chi connectivity index (χ1v) is 9.57. The van der Waals surface area contributed by atoms with E-state index >= 15 is 0 Å². The molecule has 6 heteroatoms. The summed E-state index contributed by atoms with van der Waals surface area (Å²) in [4.78, 5) is 19.4. The van der Waals surface area contributed by atoms with E-state index in [4.69, 9.17) is 9.26 Å². The Hall–Kier alpha value is -3.15. The van der Waals surface area contributed by atoms with Crippen molar-refractivity contribution in [3.05, 3.63) is 65.5 Å². The zero-order chi connectivity index (χ0) is 19.5. The van der Waals surface area contributed by atoms with Crippen LogP contribution in [-0.2, 0) is 6.42 Å². The number of likely N-dealkylation sites (tertiary alicyclic amines) is 1. The van der Waals surface area contributed by atoms with Gasteiger partial charge in [-0.2, -0.15) is 4.98 Å². The number of hydrogen-bond donors (Lipinski definition) is 0. The summed E-state index contributed by atoms with van der Waals surface area (Å²) in [5, 5.41) is 4.11. The molecule has 1 amide bonds. The lowest BCUT2D eigenvalue weighted by Gasteiger charge is -2.22. The number of nitrogens with zero attached hydrogens (tertiary/aromatic N) is 3. The zero-order valence-corrected chi connectivity index (χ0v) is 16.1. The van der Waals surface area contributed by atoms with E-state index < -0.39 is 0 Å². The Balaban J connectivity index is 1.54. The Morgan fingerprint density at radius 1 is 1.18 bits per heavy atom. The van der Waals surface area contributed by atoms with Crippen molar-refractivity contribution in [2.24, 2.45) is 0 Å². The first-order chi connectivity index (χ1) is 13.7. The molecule has 0 N–H and O–H groups in total. The van der Waals surface area contributed by atoms with E-state index in [0.29, 0.717) is 23.8 Å². The highest BCUT2D eigenvalue weighted by Crippen LogP contribution is 2.33. The number of amides is 1. The van der Waals surface area contributed by atoms with Crippen LogP contribution in [0.4, 0.5) is 0 Å². The van der Waals surface area contributed by atoms with Gasteiger partial charge < -0.3 is 14.2 Å². The standard InChI is InChI=1S/C22H23N3O3/c1-3-15-6-8-17(9-7-15)22(26)25-14-4-5-19(25)21-23-20(24-28-21)16-10-12-18(27-2)13-11-16/h6-13,19H,3-5,14H2,1-2H3/t19-/m0/s1. The number of ether oxygens (including phenoxy) is 1. The summed E-state index contributed by atoms with van der Waals surface area (Å²) in [5.41, 5.74) is 2.76. The third-order valence-corrected chi connectivity index (χ3v) is 5.20. The summed E-state index contributed by atoms with van der Waals surface area (Å²) in [5.74, 6) is 1.79. The molecule has 0 aliphatic carbocycles. The average molecular weight is 377 g/mol. The fourth-order valence-electron chi connectivity index (χ4n) is 3.54. The molecule has 2 aromatic carbocycles. The van der Waals surface area contributed by atoms with Crippen LogP contribution >= 0.6 is 0 Å². The molecule has 4 rings (SSSR count). The predicted octanol–water partition coefficient (Wildman–Crippen LogP) is 4.28. The maximum Gasteiger partial charge on any atom is 0.254 e. The second kappa shape index (κ2) is 7.84. The van der Waals surface area contributed by atoms with Crippen LogP contribution in [-0.4, -0.2) is 34.6 Å². The van der Waals surface area contributed by atoms with Crippen molar-refractivity contribution >= 4 is 5.91 Å². The second-order valence-electron chi connectivity index (χ2n) is 6.89. The molecular weight excluding hydrogens is 354 g/mol. The van der Waals surface area contributed by atoms with Gasteiger partial charge in [0, 0.05) is 17.7 Å². The van der Waals surface area contributed by atoms with E-state index in [1.807, 2.05) is 53.4 Å². The summed E-state index contributed by atoms with van der Waals surface area (Å²) in [6.45, 7) is 2.79. The van der Waals surface area contributed by atoms with Gasteiger partial charge in [-0.15, -0.1) is 0 Å². The summed E-state index contributed by atoms with van der Waals surface area (Å²) >= 11 is 0. The van der Waals surface area contributed by atoms with Crippen LogP contribution in [0, 0.1) is 0 Å². The monoisotopic (exact) mass is 377 g/mol. The van der Waals surface area contributed by atoms with Gasteiger partial charge in [0.1, 0.15) is 11.8 Å². The molecule has 1 fully saturated rings. The molecule has 1 aromatic heterocycles. The van der Waals surface area contributed by atoms with E-state index in [1.165, 1.54) is 5.56 Å². The molecule has 144 valence electrons. The number of hydrogen-bond acceptors (Lipinski definition) is 5. The van der Waals surface area contributed by atoms with E-state index in [1.54, 1.807) is 7.11 Å². The Morgan fingerprint density at radius 2 is 1.93 bits per heavy atom. The highest BCUT2D eigenvalue weighted by atomic mass is 16.5.